The molecule has 4 aromatic carbocycles. The smallest absolute Gasteiger partial charge is 0.327 e. The van der Waals surface area contributed by atoms with Gasteiger partial charge in [-0.05, 0) is 33.9 Å². The van der Waals surface area contributed by atoms with Gasteiger partial charge in [-0.3, -0.25) is 28.8 Å². The van der Waals surface area contributed by atoms with Gasteiger partial charge < -0.3 is 36.6 Å². The van der Waals surface area contributed by atoms with Crippen LogP contribution in [0.4, 0.5) is 0 Å². The first-order valence-corrected chi connectivity index (χ1v) is 18.0. The average Bonchev–Trinajstić information content (AvgIpc) is 3.17. The molecule has 288 valence electrons. The van der Waals surface area contributed by atoms with Crippen molar-refractivity contribution in [3.63, 3.8) is 0 Å². The Kier molecular flexibility index (Phi) is 15.3. The predicted molar refractivity (Wildman–Crippen MR) is 205 cm³/mol. The van der Waals surface area contributed by atoms with Gasteiger partial charge in [-0.1, -0.05) is 103 Å². The number of carboxylic acids is 3. The van der Waals surface area contributed by atoms with E-state index in [0.717, 1.165) is 10.8 Å². The molecule has 55 heavy (non-hydrogen) atoms. The van der Waals surface area contributed by atoms with Crippen molar-refractivity contribution in [3.05, 3.63) is 120 Å². The van der Waals surface area contributed by atoms with Crippen LogP contribution in [0, 0.1) is 0 Å². The maximum Gasteiger partial charge on any atom is 0.327 e. The number of aliphatic carboxylic acids is 3. The zero-order valence-electron chi connectivity index (χ0n) is 29.6. The monoisotopic (exact) mass is 770 g/mol. The molecule has 14 nitrogen and oxygen atoms in total. The third-order valence-corrected chi connectivity index (χ3v) is 9.14. The van der Waals surface area contributed by atoms with Crippen LogP contribution in [0.25, 0.3) is 10.8 Å². The van der Waals surface area contributed by atoms with Gasteiger partial charge in [0.25, 0.3) is 0 Å². The Morgan fingerprint density at radius 1 is 0.545 bits per heavy atom. The SMILES string of the molecule is O=C(O)CCC(=O)N[C@H](C(=O)N[C@@H](CCC(=O)O)C(=O)N[C@@H](Cc1ccc2ccccc2c1)C(=O)N[C@@H](CS)C(=O)O)C(c1ccccc1)c1ccccc1. The number of thiol groups is 1. The van der Waals surface area contributed by atoms with E-state index in [0.29, 0.717) is 16.7 Å². The predicted octanol–water partition coefficient (Wildman–Crippen LogP) is 2.90. The lowest BCUT2D eigenvalue weighted by Gasteiger charge is -2.30. The summed E-state index contributed by atoms with van der Waals surface area (Å²) in [5, 5.41) is 40.2. The molecular weight excluding hydrogens is 729 g/mol. The van der Waals surface area contributed by atoms with Crippen molar-refractivity contribution < 1.29 is 48.9 Å². The summed E-state index contributed by atoms with van der Waals surface area (Å²) in [6.45, 7) is 0. The molecule has 0 aliphatic rings. The maximum absolute atomic E-state index is 14.3. The number of carbonyl (C=O) groups is 7. The van der Waals surface area contributed by atoms with E-state index >= 15 is 0 Å². The first-order valence-electron chi connectivity index (χ1n) is 17.4. The van der Waals surface area contributed by atoms with E-state index in [1.807, 2.05) is 36.4 Å². The zero-order chi connectivity index (χ0) is 39.9. The van der Waals surface area contributed by atoms with Crippen molar-refractivity contribution in [1.82, 2.24) is 21.3 Å². The van der Waals surface area contributed by atoms with Crippen LogP contribution in [0.15, 0.2) is 103 Å². The second-order valence-electron chi connectivity index (χ2n) is 12.8. The molecule has 0 aliphatic heterocycles. The topological polar surface area (TPSA) is 228 Å². The van der Waals surface area contributed by atoms with Crippen LogP contribution in [0.3, 0.4) is 0 Å². The summed E-state index contributed by atoms with van der Waals surface area (Å²) in [5.74, 6) is -8.40. The Balaban J connectivity index is 1.69. The van der Waals surface area contributed by atoms with Gasteiger partial charge in [0, 0.05) is 30.9 Å². The van der Waals surface area contributed by atoms with Gasteiger partial charge in [0.05, 0.1) is 6.42 Å². The lowest BCUT2D eigenvalue weighted by molar-refractivity contribution is -0.141. The van der Waals surface area contributed by atoms with Gasteiger partial charge in [-0.25, -0.2) is 4.79 Å². The van der Waals surface area contributed by atoms with Crippen LogP contribution >= 0.6 is 12.6 Å². The summed E-state index contributed by atoms with van der Waals surface area (Å²) in [6, 6.07) is 24.5. The Morgan fingerprint density at radius 3 is 1.64 bits per heavy atom. The van der Waals surface area contributed by atoms with E-state index < -0.39 is 97.3 Å². The molecule has 15 heteroatoms. The fraction of sp³-hybridized carbons (Fsp3) is 0.275. The Bertz CT molecular complexity index is 1960. The average molecular weight is 771 g/mol. The summed E-state index contributed by atoms with van der Waals surface area (Å²) in [6.07, 6.45) is -2.06. The molecule has 0 unspecified atom stereocenters. The summed E-state index contributed by atoms with van der Waals surface area (Å²) in [7, 11) is 0. The first-order chi connectivity index (χ1) is 26.4. The molecule has 0 saturated carbocycles. The maximum atomic E-state index is 14.3. The van der Waals surface area contributed by atoms with Crippen molar-refractivity contribution in [2.24, 2.45) is 0 Å². The Morgan fingerprint density at radius 2 is 1.07 bits per heavy atom. The fourth-order valence-corrected chi connectivity index (χ4v) is 6.25. The molecule has 7 N–H and O–H groups in total. The van der Waals surface area contributed by atoms with Crippen molar-refractivity contribution in [2.75, 3.05) is 5.75 Å². The highest BCUT2D eigenvalue weighted by Crippen LogP contribution is 2.29. The summed E-state index contributed by atoms with van der Waals surface area (Å²) in [4.78, 5) is 89.8. The van der Waals surface area contributed by atoms with E-state index in [4.69, 9.17) is 0 Å². The molecule has 4 rings (SSSR count). The summed E-state index contributed by atoms with van der Waals surface area (Å²) >= 11 is 4.01. The van der Waals surface area contributed by atoms with Crippen molar-refractivity contribution >= 4 is 64.9 Å². The van der Waals surface area contributed by atoms with Gasteiger partial charge in [0.2, 0.25) is 23.6 Å². The zero-order valence-corrected chi connectivity index (χ0v) is 30.5. The van der Waals surface area contributed by atoms with Crippen LogP contribution in [0.5, 0.6) is 0 Å². The van der Waals surface area contributed by atoms with Gasteiger partial charge in [0.1, 0.15) is 24.2 Å². The van der Waals surface area contributed by atoms with Crippen LogP contribution in [-0.2, 0) is 40.0 Å². The van der Waals surface area contributed by atoms with Gasteiger partial charge >= 0.3 is 17.9 Å². The van der Waals surface area contributed by atoms with E-state index in [2.05, 4.69) is 33.9 Å². The number of hydrogen-bond donors (Lipinski definition) is 8. The van der Waals surface area contributed by atoms with E-state index in [1.54, 1.807) is 66.7 Å². The minimum absolute atomic E-state index is 0.104. The largest absolute Gasteiger partial charge is 0.481 e. The van der Waals surface area contributed by atoms with Crippen LogP contribution in [-0.4, -0.2) is 86.8 Å². The van der Waals surface area contributed by atoms with Crippen LogP contribution in [0.2, 0.25) is 0 Å². The van der Waals surface area contributed by atoms with E-state index in [1.165, 1.54) is 0 Å². The van der Waals surface area contributed by atoms with Gasteiger partial charge in [-0.15, -0.1) is 0 Å². The number of hydrogen-bond acceptors (Lipinski definition) is 8. The standard InChI is InChI=1S/C40H42N4O10S/c45-32(18-20-34(48)49)44-36(35(26-10-3-1-4-11-26)27-12-5-2-6-13-27)39(52)41-29(17-19-33(46)47)37(50)42-30(38(51)43-31(23-55)40(53)54)22-24-15-16-25-9-7-8-14-28(25)21-24/h1-16,21,29-31,35-36,55H,17-20,22-23H2,(H,41,52)(H,42,50)(H,43,51)(H,44,45)(H,46,47)(H,48,49)(H,53,54)/t29-,30-,31-,36-/m0/s1. The molecule has 0 bridgehead atoms. The highest BCUT2D eigenvalue weighted by atomic mass is 32.1. The molecule has 0 spiro atoms. The number of carbonyl (C=O) groups excluding carboxylic acids is 4. The van der Waals surface area contributed by atoms with Crippen LogP contribution in [0.1, 0.15) is 48.3 Å². The Labute approximate surface area is 322 Å². The first kappa shape index (κ1) is 41.5. The molecule has 0 saturated heterocycles. The molecule has 4 aromatic rings. The van der Waals surface area contributed by atoms with Crippen LogP contribution < -0.4 is 21.3 Å². The second-order valence-corrected chi connectivity index (χ2v) is 13.1. The lowest BCUT2D eigenvalue weighted by Crippen LogP contribution is -2.59. The molecule has 0 heterocycles. The number of amides is 4. The third kappa shape index (κ3) is 12.4. The number of rotatable bonds is 20. The molecule has 0 radical (unpaired) electrons. The highest BCUT2D eigenvalue weighted by Gasteiger charge is 2.36. The molecular formula is C40H42N4O10S. The second kappa shape index (κ2) is 20.3. The van der Waals surface area contributed by atoms with Crippen molar-refractivity contribution in [3.8, 4) is 0 Å². The molecule has 0 aliphatic carbocycles. The normalized spacial score (nSPS) is 13.1. The summed E-state index contributed by atoms with van der Waals surface area (Å²) < 4.78 is 0. The van der Waals surface area contributed by atoms with Gasteiger partial charge in [0.15, 0.2) is 0 Å². The molecule has 4 atom stereocenters. The highest BCUT2D eigenvalue weighted by molar-refractivity contribution is 7.80. The molecule has 0 aromatic heterocycles. The third-order valence-electron chi connectivity index (χ3n) is 8.78. The van der Waals surface area contributed by atoms with E-state index in [9.17, 15) is 48.9 Å². The van der Waals surface area contributed by atoms with E-state index in [-0.39, 0.29) is 12.2 Å². The fourth-order valence-electron chi connectivity index (χ4n) is 6.00. The lowest BCUT2D eigenvalue weighted by atomic mass is 9.84. The van der Waals surface area contributed by atoms with Gasteiger partial charge in [-0.2, -0.15) is 12.6 Å². The number of fused-ring (bicyclic) bond motifs is 1. The number of nitrogens with one attached hydrogen (secondary N) is 4. The Hall–Kier alpha value is -6.22. The molecule has 4 amide bonds. The van der Waals surface area contributed by atoms with Crippen molar-refractivity contribution in [1.29, 1.82) is 0 Å². The quantitative estimate of drug-likeness (QED) is 0.0613. The number of carboxylic acid groups (broad SMARTS) is 3. The minimum atomic E-state index is -1.55. The van der Waals surface area contributed by atoms with Crippen molar-refractivity contribution in [2.45, 2.75) is 62.2 Å². The molecule has 0 fully saturated rings. The number of benzene rings is 4. The minimum Gasteiger partial charge on any atom is -0.481 e. The summed E-state index contributed by atoms with van der Waals surface area (Å²) in [5.41, 5.74) is 1.81.